The van der Waals surface area contributed by atoms with Crippen molar-refractivity contribution in [2.24, 2.45) is 7.05 Å². The van der Waals surface area contributed by atoms with Crippen molar-refractivity contribution >= 4 is 135 Å². The van der Waals surface area contributed by atoms with Crippen LogP contribution in [0.4, 0.5) is 47.1 Å². The Hall–Kier alpha value is -20.0. The number of benzene rings is 8. The third kappa shape index (κ3) is 19.3. The predicted molar refractivity (Wildman–Crippen MR) is 574 cm³/mol. The van der Waals surface area contributed by atoms with Crippen LogP contribution < -0.4 is 71.2 Å². The summed E-state index contributed by atoms with van der Waals surface area (Å²) in [6.07, 6.45) is 15.3. The normalized spacial score (nSPS) is 12.1. The molecule has 37 heteroatoms. The van der Waals surface area contributed by atoms with E-state index < -0.39 is 18.1 Å². The van der Waals surface area contributed by atoms with Crippen molar-refractivity contribution in [3.8, 4) is 62.1 Å². The number of nitrogen functional groups attached to an aromatic ring is 4. The van der Waals surface area contributed by atoms with Crippen LogP contribution in [0.5, 0.6) is 6.01 Å². The lowest BCUT2D eigenvalue weighted by Gasteiger charge is -2.22. The molecule has 0 saturated carbocycles. The Kier molecular flexibility index (Phi) is 26.2. The van der Waals surface area contributed by atoms with E-state index in [2.05, 4.69) is 107 Å². The number of para-hydroxylation sites is 3. The van der Waals surface area contributed by atoms with Gasteiger partial charge in [-0.3, -0.25) is 67.0 Å². The monoisotopic (exact) mass is 1940 g/mol. The molecule has 0 radical (unpaired) electrons. The molecule has 0 aliphatic rings. The number of methoxy groups -OCH3 is 1. The van der Waals surface area contributed by atoms with E-state index in [-0.39, 0.29) is 58.1 Å². The lowest BCUT2D eigenvalue weighted by molar-refractivity contribution is 0.380. The SMILES string of the molecule is COc1ncc(-c2cccc3nc([C@H](C)Nc4nc(N)nc5cccnc45)n(-c4ccccc4)c(=O)c23)cn1.C[C@H](Nc1nc(N)nc2cccnc12)c1nc2cccc(-c3cnn(C)c3)c2c(=O)n1-c1ccccc1.Cc1cc(-c2cccc3nc([C@H](C)Nc4nc(N)nc5cccnc45)n(-c4ccccc4)c(=O)c23)ccn1.Cc1cccc(-n2c([C@H](C)Nc3nc(N)nc4cccnc34)cc3cccc(C)c3c2=O)c1. The molecule has 4 atom stereocenters. The lowest BCUT2D eigenvalue weighted by atomic mass is 10.0. The summed E-state index contributed by atoms with van der Waals surface area (Å²) in [4.78, 5) is 136. The molecular formula is C110H94N32O5. The Balaban J connectivity index is 0.000000119. The fourth-order valence-corrected chi connectivity index (χ4v) is 18.0. The molecule has 12 N–H and O–H groups in total. The number of fused-ring (bicyclic) bond motifs is 8. The summed E-state index contributed by atoms with van der Waals surface area (Å²) in [6.45, 7) is 13.7. The molecule has 0 spiro atoms. The van der Waals surface area contributed by atoms with E-state index in [4.69, 9.17) is 42.6 Å². The maximum absolute atomic E-state index is 14.3. The van der Waals surface area contributed by atoms with E-state index in [1.165, 1.54) is 7.11 Å². The summed E-state index contributed by atoms with van der Waals surface area (Å²) in [5.74, 6) is 3.98. The molecule has 15 aromatic heterocycles. The highest BCUT2D eigenvalue weighted by atomic mass is 16.5. The zero-order valence-corrected chi connectivity index (χ0v) is 80.8. The molecule has 724 valence electrons. The third-order valence-corrected chi connectivity index (χ3v) is 24.6. The van der Waals surface area contributed by atoms with E-state index in [0.717, 1.165) is 55.8 Å². The maximum Gasteiger partial charge on any atom is 0.316 e. The van der Waals surface area contributed by atoms with Gasteiger partial charge in [0.2, 0.25) is 23.8 Å². The Morgan fingerprint density at radius 2 is 0.680 bits per heavy atom. The van der Waals surface area contributed by atoms with Gasteiger partial charge in [0.05, 0.1) is 115 Å². The number of rotatable bonds is 20. The van der Waals surface area contributed by atoms with Crippen molar-refractivity contribution < 1.29 is 4.74 Å². The predicted octanol–water partition coefficient (Wildman–Crippen LogP) is 17.4. The number of anilines is 8. The van der Waals surface area contributed by atoms with E-state index in [1.807, 2.05) is 292 Å². The number of aryl methyl sites for hydroxylation is 4. The van der Waals surface area contributed by atoms with Crippen LogP contribution in [0.2, 0.25) is 0 Å². The molecule has 23 rings (SSSR count). The van der Waals surface area contributed by atoms with Crippen molar-refractivity contribution in [1.82, 2.24) is 118 Å². The van der Waals surface area contributed by atoms with Gasteiger partial charge in [0.1, 0.15) is 39.5 Å². The van der Waals surface area contributed by atoms with Gasteiger partial charge >= 0.3 is 6.01 Å². The Morgan fingerprint density at radius 1 is 0.313 bits per heavy atom. The zero-order chi connectivity index (χ0) is 102. The minimum absolute atomic E-state index is 0.0509. The van der Waals surface area contributed by atoms with Gasteiger partial charge in [0, 0.05) is 84.8 Å². The summed E-state index contributed by atoms with van der Waals surface area (Å²) in [5.41, 5.74) is 41.1. The number of nitrogens with zero attached hydrogens (tertiary/aromatic N) is 24. The standard InChI is InChI=1S/C29H24N8O.C28H23N9O2.C27H23N9O.C26H24N6O/c1-17-16-19(13-15-31-17)21-10-6-11-22-24(21)28(38)37(20-8-4-3-5-9-20)27(34-22)18(2)33-26-25-23(12-7-14-32-25)35-29(30)36-26;1-16(33-24-23-21(12-7-13-30-23)35-27(29)36-24)25-34-20-11-6-10-19(17-14-31-28(39-2)32-15-17)22(20)26(38)37(25)18-8-4-3-5-9-18;1-16(31-24-23-21(12-7-13-29-23)33-27(28)34-24)25-32-20-11-6-10-19(17-14-30-35(2)15-17)22(20)26(37)36(25)18-8-4-3-5-9-18;1-15-7-4-10-19(13-15)32-21(14-18-9-5-8-16(2)22(18)25(32)33)17(3)29-24-23-20(11-6-12-28-23)30-26(27)31-24/h3-16,18H,1-2H3,(H3,30,33,35,36);3-16H,1-2H3,(H3,29,33,35,36);3-16H,1-2H3,(H3,28,31,33,34);4-14,17H,1-3H3,(H3,27,29,30,31)/t18-;2*16-;17-/m0000/s1. The largest absolute Gasteiger partial charge is 0.467 e. The summed E-state index contributed by atoms with van der Waals surface area (Å²) >= 11 is 0. The molecule has 0 bridgehead atoms. The highest BCUT2D eigenvalue weighted by molar-refractivity contribution is 5.98. The number of nitrogens with one attached hydrogen (secondary N) is 4. The van der Waals surface area contributed by atoms with Gasteiger partial charge in [-0.15, -0.1) is 0 Å². The summed E-state index contributed by atoms with van der Waals surface area (Å²) < 4.78 is 13.5. The Morgan fingerprint density at radius 3 is 1.07 bits per heavy atom. The van der Waals surface area contributed by atoms with Gasteiger partial charge in [0.15, 0.2) is 23.3 Å². The smallest absolute Gasteiger partial charge is 0.316 e. The second kappa shape index (κ2) is 40.7. The van der Waals surface area contributed by atoms with Crippen LogP contribution in [0.3, 0.4) is 0 Å². The van der Waals surface area contributed by atoms with Crippen LogP contribution in [-0.4, -0.2) is 125 Å². The fraction of sp³-hybridized carbons (Fsp3) is 0.118. The van der Waals surface area contributed by atoms with Crippen molar-refractivity contribution in [3.05, 3.63) is 392 Å². The van der Waals surface area contributed by atoms with Crippen molar-refractivity contribution in [3.63, 3.8) is 0 Å². The van der Waals surface area contributed by atoms with Crippen molar-refractivity contribution in [2.75, 3.05) is 51.3 Å². The molecule has 0 amide bonds. The number of pyridine rings is 6. The molecular weight excluding hydrogens is 1850 g/mol. The molecule has 0 aliphatic heterocycles. The van der Waals surface area contributed by atoms with Gasteiger partial charge in [-0.1, -0.05) is 121 Å². The van der Waals surface area contributed by atoms with Gasteiger partial charge < -0.3 is 48.9 Å². The Labute approximate surface area is 837 Å². The summed E-state index contributed by atoms with van der Waals surface area (Å²) in [7, 11) is 3.35. The second-order valence-electron chi connectivity index (χ2n) is 34.7. The zero-order valence-electron chi connectivity index (χ0n) is 80.8. The highest BCUT2D eigenvalue weighted by Crippen LogP contribution is 2.37. The van der Waals surface area contributed by atoms with Crippen molar-refractivity contribution in [1.29, 1.82) is 0 Å². The van der Waals surface area contributed by atoms with Crippen LogP contribution in [0.25, 0.3) is 144 Å². The number of nitrogens with two attached hydrogens (primary N) is 4. The summed E-state index contributed by atoms with van der Waals surface area (Å²) in [6, 6.07) is 78.2. The molecule has 147 heavy (non-hydrogen) atoms. The minimum atomic E-state index is -0.463. The van der Waals surface area contributed by atoms with Gasteiger partial charge in [-0.2, -0.15) is 25.0 Å². The second-order valence-corrected chi connectivity index (χ2v) is 34.7. The number of hydrogen-bond donors (Lipinski definition) is 8. The average Bonchev–Trinajstić information content (AvgIpc) is 1.13. The number of hydrogen-bond acceptors (Lipinski definition) is 32. The van der Waals surface area contributed by atoms with E-state index in [0.29, 0.717) is 151 Å². The van der Waals surface area contributed by atoms with Crippen LogP contribution in [0, 0.1) is 20.8 Å². The molecule has 15 heterocycles. The molecule has 0 unspecified atom stereocenters. The molecule has 0 aliphatic carbocycles. The highest BCUT2D eigenvalue weighted by Gasteiger charge is 2.29. The van der Waals surface area contributed by atoms with Gasteiger partial charge in [0.25, 0.3) is 22.2 Å². The number of aromatic nitrogens is 24. The van der Waals surface area contributed by atoms with Crippen LogP contribution >= 0.6 is 0 Å². The molecule has 0 saturated heterocycles. The lowest BCUT2D eigenvalue weighted by Crippen LogP contribution is -2.28. The molecule has 8 aromatic carbocycles. The van der Waals surface area contributed by atoms with Crippen LogP contribution in [0.1, 0.15) is 91.9 Å². The van der Waals surface area contributed by atoms with E-state index >= 15 is 0 Å². The van der Waals surface area contributed by atoms with Crippen molar-refractivity contribution in [2.45, 2.75) is 72.6 Å². The molecule has 23 aromatic rings. The first kappa shape index (κ1) is 94.6. The quantitative estimate of drug-likeness (QED) is 0.0351. The van der Waals surface area contributed by atoms with Gasteiger partial charge in [-0.05, 0) is 221 Å². The molecule has 37 nitrogen and oxygen atoms in total. The summed E-state index contributed by atoms with van der Waals surface area (Å²) in [5, 5.41) is 20.9. The van der Waals surface area contributed by atoms with Crippen LogP contribution in [-0.2, 0) is 7.05 Å². The van der Waals surface area contributed by atoms with E-state index in [1.54, 1.807) is 90.7 Å². The first-order chi connectivity index (χ1) is 71.4. The van der Waals surface area contributed by atoms with E-state index in [9.17, 15) is 19.2 Å². The Bertz CT molecular complexity index is 9260. The van der Waals surface area contributed by atoms with Crippen LogP contribution in [0.15, 0.2) is 330 Å². The third-order valence-electron chi connectivity index (χ3n) is 24.6. The molecule has 0 fully saturated rings. The first-order valence-electron chi connectivity index (χ1n) is 46.9. The maximum atomic E-state index is 14.3. The van der Waals surface area contributed by atoms with Gasteiger partial charge in [-0.25, -0.2) is 44.9 Å². The first-order valence-corrected chi connectivity index (χ1v) is 46.9. The fourth-order valence-electron chi connectivity index (χ4n) is 18.0. The number of ether oxygens (including phenoxy) is 1. The average molecular weight is 1940 g/mol. The minimum Gasteiger partial charge on any atom is -0.467 e. The topological polar surface area (TPSA) is 499 Å².